The number of carbonyl (C=O) groups excluding carboxylic acids is 1. The minimum Gasteiger partial charge on any atom is -0.493 e. The highest BCUT2D eigenvalue weighted by Gasteiger charge is 2.18. The van der Waals surface area contributed by atoms with Gasteiger partial charge in [-0.1, -0.05) is 6.07 Å². The van der Waals surface area contributed by atoms with E-state index < -0.39 is 5.97 Å². The van der Waals surface area contributed by atoms with Crippen LogP contribution in [0.1, 0.15) is 45.8 Å². The van der Waals surface area contributed by atoms with Crippen molar-refractivity contribution in [1.29, 1.82) is 0 Å². The molecule has 0 fully saturated rings. The number of carboxylic acid groups (broad SMARTS) is 1. The number of carbonyl (C=O) groups is 2. The summed E-state index contributed by atoms with van der Waals surface area (Å²) in [6.07, 6.45) is 2.69. The van der Waals surface area contributed by atoms with Crippen LogP contribution in [0.2, 0.25) is 0 Å². The van der Waals surface area contributed by atoms with Crippen LogP contribution in [-0.4, -0.2) is 46.6 Å². The summed E-state index contributed by atoms with van der Waals surface area (Å²) >= 11 is 1.57. The van der Waals surface area contributed by atoms with Gasteiger partial charge in [-0.05, 0) is 38.3 Å². The third-order valence-corrected chi connectivity index (χ3v) is 5.61. The number of carboxylic acids is 1. The summed E-state index contributed by atoms with van der Waals surface area (Å²) in [6, 6.07) is 4.94. The molecule has 1 aromatic carbocycles. The molecule has 8 heteroatoms. The van der Waals surface area contributed by atoms with E-state index in [1.807, 2.05) is 17.3 Å². The zero-order chi connectivity index (χ0) is 19.9. The lowest BCUT2D eigenvalue weighted by atomic mass is 10.1. The van der Waals surface area contributed by atoms with Crippen molar-refractivity contribution in [3.63, 3.8) is 0 Å². The molecule has 1 amide bonds. The first-order valence-corrected chi connectivity index (χ1v) is 10.3. The Labute approximate surface area is 168 Å². The molecule has 150 valence electrons. The number of benzene rings is 1. The normalized spacial score (nSPS) is 16.7. The van der Waals surface area contributed by atoms with E-state index in [4.69, 9.17) is 4.74 Å². The molecule has 0 saturated carbocycles. The zero-order valence-corrected chi connectivity index (χ0v) is 16.8. The number of aromatic nitrogens is 1. The predicted octanol–water partition coefficient (Wildman–Crippen LogP) is 2.83. The van der Waals surface area contributed by atoms with Crippen molar-refractivity contribution in [1.82, 2.24) is 15.2 Å². The lowest BCUT2D eigenvalue weighted by Gasteiger charge is -2.23. The second kappa shape index (κ2) is 9.66. The largest absolute Gasteiger partial charge is 0.493 e. The van der Waals surface area contributed by atoms with Crippen molar-refractivity contribution in [3.05, 3.63) is 45.4 Å². The summed E-state index contributed by atoms with van der Waals surface area (Å²) in [6.45, 7) is 4.49. The number of hydrogen-bond acceptors (Lipinski definition) is 6. The van der Waals surface area contributed by atoms with E-state index in [0.717, 1.165) is 35.4 Å². The average Bonchev–Trinajstić information content (AvgIpc) is 3.06. The van der Waals surface area contributed by atoms with Gasteiger partial charge in [-0.3, -0.25) is 9.69 Å². The number of nitrogens with one attached hydrogen (secondary N) is 1. The minimum atomic E-state index is -0.981. The summed E-state index contributed by atoms with van der Waals surface area (Å²) < 4.78 is 5.92. The van der Waals surface area contributed by atoms with Crippen LogP contribution in [0.5, 0.6) is 5.75 Å². The molecule has 0 spiro atoms. The van der Waals surface area contributed by atoms with Gasteiger partial charge in [0, 0.05) is 30.1 Å². The molecule has 1 aliphatic heterocycles. The Bertz CT molecular complexity index is 837. The second-order valence-electron chi connectivity index (χ2n) is 6.89. The van der Waals surface area contributed by atoms with Gasteiger partial charge in [0.2, 0.25) is 5.91 Å². The maximum Gasteiger partial charge on any atom is 0.335 e. The van der Waals surface area contributed by atoms with Gasteiger partial charge in [0.1, 0.15) is 5.75 Å². The fraction of sp³-hybridized carbons (Fsp3) is 0.450. The molecule has 0 radical (unpaired) electrons. The summed E-state index contributed by atoms with van der Waals surface area (Å²) in [7, 11) is 0. The van der Waals surface area contributed by atoms with Crippen LogP contribution in [0, 0.1) is 6.92 Å². The van der Waals surface area contributed by atoms with Crippen molar-refractivity contribution in [3.8, 4) is 5.75 Å². The molecule has 7 nitrogen and oxygen atoms in total. The van der Waals surface area contributed by atoms with Crippen molar-refractivity contribution < 1.29 is 19.4 Å². The maximum atomic E-state index is 12.4. The third-order valence-electron chi connectivity index (χ3n) is 4.69. The molecule has 0 atom stereocenters. The number of thiazole rings is 1. The Morgan fingerprint density at radius 1 is 1.32 bits per heavy atom. The van der Waals surface area contributed by atoms with E-state index in [9.17, 15) is 14.7 Å². The number of aryl methyl sites for hydroxylation is 1. The fourth-order valence-corrected chi connectivity index (χ4v) is 3.93. The quantitative estimate of drug-likeness (QED) is 0.819. The van der Waals surface area contributed by atoms with E-state index in [1.165, 1.54) is 0 Å². The van der Waals surface area contributed by atoms with Gasteiger partial charge in [-0.15, -0.1) is 11.3 Å². The van der Waals surface area contributed by atoms with Crippen LogP contribution >= 0.6 is 11.3 Å². The lowest BCUT2D eigenvalue weighted by molar-refractivity contribution is -0.122. The molecule has 0 bridgehead atoms. The van der Waals surface area contributed by atoms with Gasteiger partial charge in [0.05, 0.1) is 29.9 Å². The van der Waals surface area contributed by atoms with Crippen LogP contribution in [0.3, 0.4) is 0 Å². The third kappa shape index (κ3) is 5.53. The zero-order valence-electron chi connectivity index (χ0n) is 15.9. The molecule has 0 aliphatic carbocycles. The fourth-order valence-electron chi connectivity index (χ4n) is 3.12. The van der Waals surface area contributed by atoms with Crippen molar-refractivity contribution >= 4 is 23.2 Å². The molecule has 2 N–H and O–H groups in total. The standard InChI is InChI=1S/C20H25N3O4S/c1-14-18(28-13-22-14)11-23-10-16-6-5-15(20(25)26)9-17(16)27-8-4-2-3-7-21-19(24)12-23/h5-6,9,13H,2-4,7-8,10-12H2,1H3,(H,21,24)(H,25,26). The molecule has 28 heavy (non-hydrogen) atoms. The van der Waals surface area contributed by atoms with E-state index in [0.29, 0.717) is 32.0 Å². The van der Waals surface area contributed by atoms with Crippen molar-refractivity contribution in [2.75, 3.05) is 19.7 Å². The number of fused-ring (bicyclic) bond motifs is 1. The second-order valence-corrected chi connectivity index (χ2v) is 7.83. The number of rotatable bonds is 3. The van der Waals surface area contributed by atoms with Gasteiger partial charge in [0.25, 0.3) is 0 Å². The number of amides is 1. The minimum absolute atomic E-state index is 0.00830. The van der Waals surface area contributed by atoms with Gasteiger partial charge in [-0.2, -0.15) is 0 Å². The van der Waals surface area contributed by atoms with Crippen LogP contribution in [-0.2, 0) is 17.9 Å². The molecule has 1 aliphatic rings. The van der Waals surface area contributed by atoms with Crippen LogP contribution < -0.4 is 10.1 Å². The maximum absolute atomic E-state index is 12.4. The van der Waals surface area contributed by atoms with Gasteiger partial charge >= 0.3 is 5.97 Å². The molecule has 2 heterocycles. The Hall–Kier alpha value is -2.45. The van der Waals surface area contributed by atoms with E-state index >= 15 is 0 Å². The van der Waals surface area contributed by atoms with Crippen LogP contribution in [0.25, 0.3) is 0 Å². The molecule has 0 saturated heterocycles. The van der Waals surface area contributed by atoms with Gasteiger partial charge in [0.15, 0.2) is 0 Å². The van der Waals surface area contributed by atoms with E-state index in [1.54, 1.807) is 29.5 Å². The average molecular weight is 404 g/mol. The number of hydrogen-bond donors (Lipinski definition) is 2. The highest BCUT2D eigenvalue weighted by Crippen LogP contribution is 2.25. The van der Waals surface area contributed by atoms with E-state index in [2.05, 4.69) is 10.3 Å². The number of ether oxygens (including phenoxy) is 1. The number of aromatic carboxylic acids is 1. The summed E-state index contributed by atoms with van der Waals surface area (Å²) in [5.74, 6) is -0.414. The van der Waals surface area contributed by atoms with E-state index in [-0.39, 0.29) is 18.0 Å². The molecule has 2 aromatic rings. The Morgan fingerprint density at radius 3 is 2.93 bits per heavy atom. The smallest absolute Gasteiger partial charge is 0.335 e. The summed E-state index contributed by atoms with van der Waals surface area (Å²) in [5.41, 5.74) is 3.85. The number of nitrogens with zero attached hydrogens (tertiary/aromatic N) is 2. The molecular formula is C20H25N3O4S. The first-order valence-electron chi connectivity index (χ1n) is 9.40. The van der Waals surface area contributed by atoms with Crippen molar-refractivity contribution in [2.24, 2.45) is 0 Å². The van der Waals surface area contributed by atoms with Crippen LogP contribution in [0.4, 0.5) is 0 Å². The highest BCUT2D eigenvalue weighted by molar-refractivity contribution is 7.09. The molecule has 1 aromatic heterocycles. The predicted molar refractivity (Wildman–Crippen MR) is 107 cm³/mol. The Morgan fingerprint density at radius 2 is 2.18 bits per heavy atom. The Kier molecular flexibility index (Phi) is 7.00. The monoisotopic (exact) mass is 403 g/mol. The topological polar surface area (TPSA) is 91.8 Å². The Balaban J connectivity index is 1.88. The molecule has 3 rings (SSSR count). The van der Waals surface area contributed by atoms with Gasteiger partial charge in [-0.25, -0.2) is 9.78 Å². The SMILES string of the molecule is Cc1ncsc1CN1CC(=O)NCCCCCOc2cc(C(=O)O)ccc2C1. The van der Waals surface area contributed by atoms with Crippen LogP contribution in [0.15, 0.2) is 23.7 Å². The molecule has 0 unspecified atom stereocenters. The highest BCUT2D eigenvalue weighted by atomic mass is 32.1. The lowest BCUT2D eigenvalue weighted by Crippen LogP contribution is -2.37. The summed E-state index contributed by atoms with van der Waals surface area (Å²) in [4.78, 5) is 31.2. The van der Waals surface area contributed by atoms with Gasteiger partial charge < -0.3 is 15.2 Å². The first kappa shape index (κ1) is 20.3. The summed E-state index contributed by atoms with van der Waals surface area (Å²) in [5, 5.41) is 12.3. The molecular weight excluding hydrogens is 378 g/mol. The first-order chi connectivity index (χ1) is 13.5. The van der Waals surface area contributed by atoms with Crippen molar-refractivity contribution in [2.45, 2.75) is 39.3 Å².